The van der Waals surface area contributed by atoms with Crippen LogP contribution in [0.1, 0.15) is 24.8 Å². The monoisotopic (exact) mass is 544 g/mol. The molecule has 1 aliphatic carbocycles. The summed E-state index contributed by atoms with van der Waals surface area (Å²) in [4.78, 5) is 4.55. The van der Waals surface area contributed by atoms with Crippen LogP contribution in [-0.4, -0.2) is 34.1 Å². The van der Waals surface area contributed by atoms with Crippen molar-refractivity contribution in [1.29, 1.82) is 0 Å². The van der Waals surface area contributed by atoms with Gasteiger partial charge in [-0.1, -0.05) is 35.3 Å². The number of amidine groups is 1. The summed E-state index contributed by atoms with van der Waals surface area (Å²) in [5.41, 5.74) is 16.7. The van der Waals surface area contributed by atoms with Crippen LogP contribution >= 0.6 is 23.2 Å². The van der Waals surface area contributed by atoms with E-state index in [1.54, 1.807) is 35.1 Å². The molecule has 1 saturated carbocycles. The van der Waals surface area contributed by atoms with Gasteiger partial charge in [0, 0.05) is 29.4 Å². The normalized spacial score (nSPS) is 18.1. The number of halogens is 4. The number of aromatic nitrogens is 2. The molecular weight excluding hydrogens is 521 g/mol. The van der Waals surface area contributed by atoms with Gasteiger partial charge in [-0.05, 0) is 55.7 Å². The summed E-state index contributed by atoms with van der Waals surface area (Å²) in [6.45, 7) is -2.93. The van der Waals surface area contributed by atoms with Gasteiger partial charge in [0.25, 0.3) is 0 Å². The number of ether oxygens (including phenoxy) is 1. The summed E-state index contributed by atoms with van der Waals surface area (Å²) in [7, 11) is 0. The van der Waals surface area contributed by atoms with Crippen molar-refractivity contribution in [1.82, 2.24) is 9.61 Å². The molecule has 11 heteroatoms. The SMILES string of the molecule is NC(=Nc1ccccc1Cl)c1cnn2cc(-c3ccc(OC(F)F)cc3Cl)cc2c1N[C@@H]1CC[C@H](N)C1. The average molecular weight is 545 g/mol. The fraction of sp³-hybridized carbons (Fsp3) is 0.231. The average Bonchev–Trinajstić information content (AvgIpc) is 3.46. The van der Waals surface area contributed by atoms with Crippen LogP contribution in [0.5, 0.6) is 5.75 Å². The molecule has 2 atom stereocenters. The molecule has 4 aromatic rings. The molecule has 1 fully saturated rings. The lowest BCUT2D eigenvalue weighted by molar-refractivity contribution is -0.0498. The van der Waals surface area contributed by atoms with Crippen molar-refractivity contribution < 1.29 is 13.5 Å². The van der Waals surface area contributed by atoms with Crippen LogP contribution in [-0.2, 0) is 0 Å². The first kappa shape index (κ1) is 25.3. The molecule has 37 heavy (non-hydrogen) atoms. The lowest BCUT2D eigenvalue weighted by Crippen LogP contribution is -2.24. The summed E-state index contributed by atoms with van der Waals surface area (Å²) in [6, 6.07) is 13.8. The second-order valence-electron chi connectivity index (χ2n) is 8.87. The molecule has 5 rings (SSSR count). The maximum atomic E-state index is 12.6. The number of aliphatic imine (C=N–C) groups is 1. The predicted molar refractivity (Wildman–Crippen MR) is 143 cm³/mol. The molecule has 0 unspecified atom stereocenters. The predicted octanol–water partition coefficient (Wildman–Crippen LogP) is 6.24. The van der Waals surface area contributed by atoms with Gasteiger partial charge in [-0.15, -0.1) is 0 Å². The third-order valence-electron chi connectivity index (χ3n) is 6.30. The molecule has 5 N–H and O–H groups in total. The van der Waals surface area contributed by atoms with Crippen molar-refractivity contribution >= 4 is 45.9 Å². The highest BCUT2D eigenvalue weighted by Gasteiger charge is 2.25. The Hall–Kier alpha value is -3.40. The van der Waals surface area contributed by atoms with Crippen LogP contribution in [0.3, 0.4) is 0 Å². The Morgan fingerprint density at radius 1 is 1.14 bits per heavy atom. The minimum Gasteiger partial charge on any atom is -0.435 e. The Morgan fingerprint density at radius 3 is 2.65 bits per heavy atom. The van der Waals surface area contributed by atoms with Crippen LogP contribution in [0, 0.1) is 0 Å². The van der Waals surface area contributed by atoms with Crippen LogP contribution in [0.2, 0.25) is 10.0 Å². The summed E-state index contributed by atoms with van der Waals surface area (Å²) in [6.07, 6.45) is 6.11. The maximum Gasteiger partial charge on any atom is 0.387 e. The number of nitrogens with two attached hydrogens (primary N) is 2. The van der Waals surface area contributed by atoms with Crippen molar-refractivity contribution in [3.63, 3.8) is 0 Å². The molecule has 192 valence electrons. The van der Waals surface area contributed by atoms with E-state index in [9.17, 15) is 8.78 Å². The molecule has 2 heterocycles. The Bertz CT molecular complexity index is 1470. The first-order valence-electron chi connectivity index (χ1n) is 11.7. The van der Waals surface area contributed by atoms with E-state index in [1.165, 1.54) is 12.1 Å². The van der Waals surface area contributed by atoms with Crippen molar-refractivity contribution in [3.8, 4) is 16.9 Å². The second-order valence-corrected chi connectivity index (χ2v) is 9.69. The largest absolute Gasteiger partial charge is 0.435 e. The zero-order chi connectivity index (χ0) is 26.1. The first-order chi connectivity index (χ1) is 17.8. The number of hydrogen-bond acceptors (Lipinski definition) is 5. The molecular formula is C26H24Cl2F2N6O. The van der Waals surface area contributed by atoms with E-state index in [0.29, 0.717) is 21.8 Å². The number of benzene rings is 2. The summed E-state index contributed by atoms with van der Waals surface area (Å²) < 4.78 is 31.4. The molecule has 2 aromatic carbocycles. The molecule has 0 spiro atoms. The zero-order valence-corrected chi connectivity index (χ0v) is 21.1. The lowest BCUT2D eigenvalue weighted by atomic mass is 10.1. The Morgan fingerprint density at radius 2 is 1.95 bits per heavy atom. The number of nitrogens with one attached hydrogen (secondary N) is 1. The fourth-order valence-electron chi connectivity index (χ4n) is 4.54. The van der Waals surface area contributed by atoms with E-state index in [2.05, 4.69) is 20.1 Å². The highest BCUT2D eigenvalue weighted by atomic mass is 35.5. The van der Waals surface area contributed by atoms with E-state index in [0.717, 1.165) is 36.0 Å². The molecule has 0 radical (unpaired) electrons. The molecule has 1 aliphatic rings. The van der Waals surface area contributed by atoms with Crippen LogP contribution in [0.4, 0.5) is 20.2 Å². The summed E-state index contributed by atoms with van der Waals surface area (Å²) in [5.74, 6) is 0.235. The summed E-state index contributed by atoms with van der Waals surface area (Å²) >= 11 is 12.7. The number of rotatable bonds is 7. The van der Waals surface area contributed by atoms with E-state index in [1.807, 2.05) is 18.2 Å². The standard InChI is InChI=1S/C26H24Cl2F2N6O/c27-20-3-1-2-4-22(20)35-25(32)19-12-33-36-13-14(18-8-7-17(11-21(18)28)37-26(29)30)9-23(36)24(19)34-16-6-5-15(31)10-16/h1-4,7-9,11-13,15-16,26,34H,5-6,10,31H2,(H2,32,35)/t15-,16+/m0/s1. The lowest BCUT2D eigenvalue weighted by Gasteiger charge is -2.18. The number of hydrogen-bond donors (Lipinski definition) is 3. The van der Waals surface area contributed by atoms with Crippen molar-refractivity contribution in [2.75, 3.05) is 5.32 Å². The molecule has 2 aromatic heterocycles. The van der Waals surface area contributed by atoms with Gasteiger partial charge in [-0.2, -0.15) is 13.9 Å². The van der Waals surface area contributed by atoms with Gasteiger partial charge in [-0.25, -0.2) is 9.51 Å². The van der Waals surface area contributed by atoms with Gasteiger partial charge in [0.15, 0.2) is 0 Å². The van der Waals surface area contributed by atoms with Crippen LogP contribution < -0.4 is 21.5 Å². The Labute approximate surface area is 222 Å². The van der Waals surface area contributed by atoms with Crippen LogP contribution in [0.25, 0.3) is 16.6 Å². The quantitative estimate of drug-likeness (QED) is 0.189. The van der Waals surface area contributed by atoms with Crippen molar-refractivity contribution in [2.24, 2.45) is 16.5 Å². The van der Waals surface area contributed by atoms with E-state index >= 15 is 0 Å². The van der Waals surface area contributed by atoms with E-state index < -0.39 is 6.61 Å². The van der Waals surface area contributed by atoms with Gasteiger partial charge in [0.05, 0.1) is 38.7 Å². The number of fused-ring (bicyclic) bond motifs is 1. The van der Waals surface area contributed by atoms with E-state index in [-0.39, 0.29) is 28.7 Å². The van der Waals surface area contributed by atoms with Gasteiger partial charge in [0.2, 0.25) is 0 Å². The molecule has 0 amide bonds. The number of para-hydroxylation sites is 1. The third kappa shape index (κ3) is 5.49. The Balaban J connectivity index is 1.59. The van der Waals surface area contributed by atoms with Crippen molar-refractivity contribution in [3.05, 3.63) is 76.5 Å². The smallest absolute Gasteiger partial charge is 0.387 e. The molecule has 0 aliphatic heterocycles. The maximum absolute atomic E-state index is 12.6. The molecule has 7 nitrogen and oxygen atoms in total. The number of nitrogens with zero attached hydrogens (tertiary/aromatic N) is 3. The summed E-state index contributed by atoms with van der Waals surface area (Å²) in [5, 5.41) is 8.89. The minimum absolute atomic E-state index is 0.0172. The van der Waals surface area contributed by atoms with Gasteiger partial charge >= 0.3 is 6.61 Å². The van der Waals surface area contributed by atoms with E-state index in [4.69, 9.17) is 34.7 Å². The van der Waals surface area contributed by atoms with Crippen molar-refractivity contribution in [2.45, 2.75) is 38.0 Å². The Kier molecular flexibility index (Phi) is 7.19. The third-order valence-corrected chi connectivity index (χ3v) is 6.94. The molecule has 0 saturated heterocycles. The van der Waals surface area contributed by atoms with Gasteiger partial charge < -0.3 is 21.5 Å². The van der Waals surface area contributed by atoms with Crippen LogP contribution in [0.15, 0.2) is 65.9 Å². The van der Waals surface area contributed by atoms with Gasteiger partial charge in [-0.3, -0.25) is 0 Å². The number of anilines is 1. The number of alkyl halides is 2. The second kappa shape index (κ2) is 10.5. The first-order valence-corrected chi connectivity index (χ1v) is 12.4. The highest BCUT2D eigenvalue weighted by Crippen LogP contribution is 2.36. The minimum atomic E-state index is -2.93. The highest BCUT2D eigenvalue weighted by molar-refractivity contribution is 6.33. The topological polar surface area (TPSA) is 103 Å². The molecule has 0 bridgehead atoms. The zero-order valence-electron chi connectivity index (χ0n) is 19.5. The fourth-order valence-corrected chi connectivity index (χ4v) is 5.00. The van der Waals surface area contributed by atoms with Gasteiger partial charge in [0.1, 0.15) is 11.6 Å².